The fourth-order valence-corrected chi connectivity index (χ4v) is 1.63. The minimum Gasteiger partial charge on any atom is -0.383 e. The van der Waals surface area contributed by atoms with Crippen LogP contribution < -0.4 is 5.32 Å². The van der Waals surface area contributed by atoms with Crippen molar-refractivity contribution in [1.29, 1.82) is 0 Å². The van der Waals surface area contributed by atoms with Crippen molar-refractivity contribution >= 4 is 45.5 Å². The molecular weight excluding hydrogens is 258 g/mol. The number of nitro groups is 1. The minimum atomic E-state index is -0.557. The summed E-state index contributed by atoms with van der Waals surface area (Å²) in [6, 6.07) is 1.32. The Balaban J connectivity index is 2.83. The van der Waals surface area contributed by atoms with Crippen LogP contribution in [0, 0.1) is 10.1 Å². The molecule has 0 fully saturated rings. The molecule has 0 saturated heterocycles. The van der Waals surface area contributed by atoms with Crippen LogP contribution in [0.15, 0.2) is 15.7 Å². The van der Waals surface area contributed by atoms with Gasteiger partial charge in [0.15, 0.2) is 5.52 Å². The van der Waals surface area contributed by atoms with Crippen LogP contribution in [0.4, 0.5) is 17.1 Å². The molecule has 0 spiro atoms. The standard InChI is InChI=1S/C9H7N5O3S/c1-2-10-5-3-6(14(15)16)8-9(13-17-12-8)7(5)11-4-18/h3,10H,2H2,1H3. The van der Waals surface area contributed by atoms with Crippen molar-refractivity contribution in [3.8, 4) is 0 Å². The number of benzene rings is 1. The first-order valence-electron chi connectivity index (χ1n) is 4.94. The molecule has 2 rings (SSSR count). The largest absolute Gasteiger partial charge is 0.383 e. The fourth-order valence-electron chi connectivity index (χ4n) is 1.54. The van der Waals surface area contributed by atoms with E-state index in [0.29, 0.717) is 17.9 Å². The highest BCUT2D eigenvalue weighted by molar-refractivity contribution is 7.78. The molecule has 1 aromatic carbocycles. The second-order valence-electron chi connectivity index (χ2n) is 3.24. The van der Waals surface area contributed by atoms with Gasteiger partial charge in [0.05, 0.1) is 15.8 Å². The summed E-state index contributed by atoms with van der Waals surface area (Å²) >= 11 is 4.54. The van der Waals surface area contributed by atoms with E-state index in [1.54, 1.807) is 0 Å². The predicted octanol–water partition coefficient (Wildman–Crippen LogP) is 2.30. The molecule has 1 aromatic heterocycles. The quantitative estimate of drug-likeness (QED) is 0.391. The average Bonchev–Trinajstić information content (AvgIpc) is 2.80. The highest BCUT2D eigenvalue weighted by atomic mass is 32.1. The van der Waals surface area contributed by atoms with Gasteiger partial charge in [0.1, 0.15) is 5.69 Å². The number of nitrogens with zero attached hydrogens (tertiary/aromatic N) is 4. The second kappa shape index (κ2) is 4.86. The van der Waals surface area contributed by atoms with Gasteiger partial charge in [-0.2, -0.15) is 4.99 Å². The average molecular weight is 265 g/mol. The van der Waals surface area contributed by atoms with Crippen molar-refractivity contribution in [3.63, 3.8) is 0 Å². The Morgan fingerprint density at radius 3 is 2.94 bits per heavy atom. The van der Waals surface area contributed by atoms with Gasteiger partial charge in [0, 0.05) is 12.6 Å². The van der Waals surface area contributed by atoms with Gasteiger partial charge in [-0.1, -0.05) is 0 Å². The minimum absolute atomic E-state index is 0.0330. The molecule has 0 bridgehead atoms. The van der Waals surface area contributed by atoms with Crippen LogP contribution in [-0.4, -0.2) is 26.9 Å². The number of hydrogen-bond donors (Lipinski definition) is 1. The molecule has 0 aliphatic rings. The molecule has 0 atom stereocenters. The molecule has 9 heteroatoms. The topological polar surface area (TPSA) is 106 Å². The number of aromatic nitrogens is 2. The van der Waals surface area contributed by atoms with Crippen LogP contribution in [0.25, 0.3) is 11.0 Å². The summed E-state index contributed by atoms with van der Waals surface area (Å²) in [5.41, 5.74) is 0.770. The Bertz CT molecular complexity index is 662. The number of rotatable bonds is 4. The van der Waals surface area contributed by atoms with Crippen molar-refractivity contribution in [2.75, 3.05) is 11.9 Å². The molecule has 18 heavy (non-hydrogen) atoms. The third kappa shape index (κ3) is 1.92. The molecule has 0 unspecified atom stereocenters. The number of isothiocyanates is 1. The fraction of sp³-hybridized carbons (Fsp3) is 0.222. The molecule has 0 aliphatic carbocycles. The van der Waals surface area contributed by atoms with E-state index in [9.17, 15) is 10.1 Å². The summed E-state index contributed by atoms with van der Waals surface area (Å²) in [5, 5.41) is 23.2. The molecule has 0 aliphatic heterocycles. The van der Waals surface area contributed by atoms with Gasteiger partial charge < -0.3 is 5.32 Å². The van der Waals surface area contributed by atoms with Gasteiger partial charge in [-0.25, -0.2) is 4.63 Å². The lowest BCUT2D eigenvalue weighted by atomic mass is 10.2. The summed E-state index contributed by atoms with van der Waals surface area (Å²) in [6.07, 6.45) is 0. The number of non-ortho nitro benzene ring substituents is 1. The van der Waals surface area contributed by atoms with E-state index in [4.69, 9.17) is 0 Å². The maximum Gasteiger partial charge on any atom is 0.302 e. The van der Waals surface area contributed by atoms with E-state index in [1.807, 2.05) is 6.92 Å². The SMILES string of the molecule is CCNc1cc([N+](=O)[O-])c2nonc2c1N=C=S. The van der Waals surface area contributed by atoms with Crippen LogP contribution in [-0.2, 0) is 0 Å². The van der Waals surface area contributed by atoms with E-state index in [2.05, 4.69) is 42.6 Å². The number of nitrogens with one attached hydrogen (secondary N) is 1. The molecule has 92 valence electrons. The van der Waals surface area contributed by atoms with E-state index in [-0.39, 0.29) is 16.7 Å². The van der Waals surface area contributed by atoms with Gasteiger partial charge in [0.25, 0.3) is 0 Å². The van der Waals surface area contributed by atoms with Crippen molar-refractivity contribution in [2.24, 2.45) is 4.99 Å². The van der Waals surface area contributed by atoms with Crippen LogP contribution in [0.1, 0.15) is 6.92 Å². The van der Waals surface area contributed by atoms with Crippen molar-refractivity contribution in [2.45, 2.75) is 6.92 Å². The number of anilines is 1. The molecule has 0 amide bonds. The Morgan fingerprint density at radius 1 is 1.61 bits per heavy atom. The Labute approximate surface area is 106 Å². The molecule has 1 heterocycles. The lowest BCUT2D eigenvalue weighted by molar-refractivity contribution is -0.383. The zero-order chi connectivity index (χ0) is 13.1. The highest BCUT2D eigenvalue weighted by Crippen LogP contribution is 2.37. The first-order valence-corrected chi connectivity index (χ1v) is 5.35. The first kappa shape index (κ1) is 12.1. The van der Waals surface area contributed by atoms with E-state index >= 15 is 0 Å². The lowest BCUT2D eigenvalue weighted by Gasteiger charge is -2.05. The van der Waals surface area contributed by atoms with E-state index < -0.39 is 4.92 Å². The Kier molecular flexibility index (Phi) is 3.26. The van der Waals surface area contributed by atoms with Crippen LogP contribution in [0.5, 0.6) is 0 Å². The van der Waals surface area contributed by atoms with Crippen LogP contribution in [0.2, 0.25) is 0 Å². The van der Waals surface area contributed by atoms with Gasteiger partial charge in [0.2, 0.25) is 5.52 Å². The zero-order valence-electron chi connectivity index (χ0n) is 9.21. The number of hydrogen-bond acceptors (Lipinski definition) is 8. The second-order valence-corrected chi connectivity index (χ2v) is 3.43. The molecule has 8 nitrogen and oxygen atoms in total. The van der Waals surface area contributed by atoms with Crippen LogP contribution >= 0.6 is 12.2 Å². The maximum atomic E-state index is 10.9. The van der Waals surface area contributed by atoms with Crippen molar-refractivity contribution in [1.82, 2.24) is 10.3 Å². The number of fused-ring (bicyclic) bond motifs is 1. The summed E-state index contributed by atoms with van der Waals surface area (Å²) in [4.78, 5) is 14.2. The monoisotopic (exact) mass is 265 g/mol. The summed E-state index contributed by atoms with van der Waals surface area (Å²) < 4.78 is 4.52. The number of thiocarbonyl (C=S) groups is 1. The normalized spacial score (nSPS) is 10.1. The Morgan fingerprint density at radius 2 is 2.33 bits per heavy atom. The predicted molar refractivity (Wildman–Crippen MR) is 67.3 cm³/mol. The van der Waals surface area contributed by atoms with Gasteiger partial charge in [-0.05, 0) is 29.5 Å². The summed E-state index contributed by atoms with van der Waals surface area (Å²) in [6.45, 7) is 2.41. The van der Waals surface area contributed by atoms with Gasteiger partial charge in [-0.15, -0.1) is 0 Å². The molecular formula is C9H7N5O3S. The summed E-state index contributed by atoms with van der Waals surface area (Å²) in [5.74, 6) is 0. The van der Waals surface area contributed by atoms with Gasteiger partial charge >= 0.3 is 5.69 Å². The third-order valence-corrected chi connectivity index (χ3v) is 2.30. The maximum absolute atomic E-state index is 10.9. The number of aliphatic imine (C=N–C) groups is 1. The first-order chi connectivity index (χ1) is 8.69. The summed E-state index contributed by atoms with van der Waals surface area (Å²) in [7, 11) is 0. The number of nitro benzene ring substituents is 1. The molecule has 0 radical (unpaired) electrons. The smallest absolute Gasteiger partial charge is 0.302 e. The molecule has 1 N–H and O–H groups in total. The third-order valence-electron chi connectivity index (χ3n) is 2.21. The van der Waals surface area contributed by atoms with E-state index in [0.717, 1.165) is 0 Å². The highest BCUT2D eigenvalue weighted by Gasteiger charge is 2.23. The molecule has 2 aromatic rings. The lowest BCUT2D eigenvalue weighted by Crippen LogP contribution is -1.99. The van der Waals surface area contributed by atoms with E-state index in [1.165, 1.54) is 6.07 Å². The Hall–Kier alpha value is -2.38. The van der Waals surface area contributed by atoms with Gasteiger partial charge in [-0.3, -0.25) is 10.1 Å². The van der Waals surface area contributed by atoms with Crippen molar-refractivity contribution < 1.29 is 9.55 Å². The molecule has 0 saturated carbocycles. The van der Waals surface area contributed by atoms with Crippen LogP contribution in [0.3, 0.4) is 0 Å². The zero-order valence-corrected chi connectivity index (χ0v) is 10.0. The van der Waals surface area contributed by atoms with Crippen molar-refractivity contribution in [3.05, 3.63) is 16.2 Å².